The van der Waals surface area contributed by atoms with Crippen molar-refractivity contribution < 1.29 is 4.79 Å². The highest BCUT2D eigenvalue weighted by Crippen LogP contribution is 2.21. The maximum Gasteiger partial charge on any atom is 0.251 e. The van der Waals surface area contributed by atoms with Crippen LogP contribution in [0.1, 0.15) is 46.6 Å². The minimum absolute atomic E-state index is 0.00418. The predicted octanol–water partition coefficient (Wildman–Crippen LogP) is 6.30. The Morgan fingerprint density at radius 3 is 2.66 bits per heavy atom. The molecule has 4 nitrogen and oxygen atoms in total. The molecule has 0 fully saturated rings. The topological polar surface area (TPSA) is 46.9 Å². The summed E-state index contributed by atoms with van der Waals surface area (Å²) in [6, 6.07) is 24.5. The number of carbonyl (C=O) groups excluding carboxylic acids is 1. The molecule has 0 bridgehead atoms. The fourth-order valence-corrected chi connectivity index (χ4v) is 4.43. The molecule has 1 heterocycles. The quantitative estimate of drug-likeness (QED) is 0.280. The summed E-state index contributed by atoms with van der Waals surface area (Å²) in [5.41, 5.74) is 5.30. The summed E-state index contributed by atoms with van der Waals surface area (Å²) in [5, 5.41) is 3.03. The number of amides is 1. The summed E-state index contributed by atoms with van der Waals surface area (Å²) in [7, 11) is 0. The van der Waals surface area contributed by atoms with E-state index >= 15 is 0 Å². The van der Waals surface area contributed by atoms with E-state index in [1.165, 1.54) is 11.1 Å². The van der Waals surface area contributed by atoms with E-state index in [9.17, 15) is 4.79 Å². The first kappa shape index (κ1) is 22.3. The molecule has 0 saturated carbocycles. The monoisotopic (exact) mass is 489 g/mol. The molecule has 3 aromatic carbocycles. The third-order valence-electron chi connectivity index (χ3n) is 5.61. The Balaban J connectivity index is 1.32. The average Bonchev–Trinajstić information content (AvgIpc) is 3.13. The van der Waals surface area contributed by atoms with Crippen molar-refractivity contribution in [1.82, 2.24) is 14.9 Å². The first-order valence-electron chi connectivity index (χ1n) is 11.1. The SMILES string of the molecule is Cc1cccc(C(=O)NCCCCCc2nc3ccccc3n2Cc2cccc(Br)c2)c1. The number of unbranched alkanes of at least 4 members (excludes halogenated alkanes) is 2. The molecule has 0 aliphatic heterocycles. The van der Waals surface area contributed by atoms with Crippen LogP contribution in [0, 0.1) is 6.92 Å². The normalized spacial score (nSPS) is 11.1. The molecule has 0 radical (unpaired) electrons. The number of halogens is 1. The number of fused-ring (bicyclic) bond motifs is 1. The van der Waals surface area contributed by atoms with E-state index in [-0.39, 0.29) is 5.91 Å². The third kappa shape index (κ3) is 5.65. The molecule has 4 aromatic rings. The summed E-state index contributed by atoms with van der Waals surface area (Å²) in [6.45, 7) is 3.50. The van der Waals surface area contributed by atoms with Crippen LogP contribution >= 0.6 is 15.9 Å². The lowest BCUT2D eigenvalue weighted by molar-refractivity contribution is 0.0953. The first-order chi connectivity index (χ1) is 15.6. The van der Waals surface area contributed by atoms with Crippen LogP contribution in [0.25, 0.3) is 11.0 Å². The van der Waals surface area contributed by atoms with Gasteiger partial charge in [-0.2, -0.15) is 0 Å². The second-order valence-electron chi connectivity index (χ2n) is 8.17. The van der Waals surface area contributed by atoms with Crippen molar-refractivity contribution in [3.63, 3.8) is 0 Å². The molecule has 1 amide bonds. The van der Waals surface area contributed by atoms with Gasteiger partial charge in [-0.15, -0.1) is 0 Å². The zero-order chi connectivity index (χ0) is 22.3. The lowest BCUT2D eigenvalue weighted by Gasteiger charge is -2.10. The van der Waals surface area contributed by atoms with Crippen molar-refractivity contribution in [2.75, 3.05) is 6.54 Å². The van der Waals surface area contributed by atoms with Crippen molar-refractivity contribution in [2.45, 2.75) is 39.2 Å². The van der Waals surface area contributed by atoms with Crippen LogP contribution in [-0.4, -0.2) is 22.0 Å². The molecule has 1 N–H and O–H groups in total. The van der Waals surface area contributed by atoms with E-state index in [2.05, 4.69) is 62.2 Å². The molecular formula is C27H28BrN3O. The number of rotatable bonds is 9. The standard InChI is InChI=1S/C27H28BrN3O/c1-20-9-7-11-22(17-20)27(32)29-16-6-2-3-15-26-30-24-13-4-5-14-25(24)31(26)19-21-10-8-12-23(28)18-21/h4-5,7-14,17-18H,2-3,6,15-16,19H2,1H3,(H,29,32). The van der Waals surface area contributed by atoms with Crippen LogP contribution < -0.4 is 5.32 Å². The lowest BCUT2D eigenvalue weighted by Crippen LogP contribution is -2.24. The largest absolute Gasteiger partial charge is 0.352 e. The molecule has 0 aliphatic carbocycles. The van der Waals surface area contributed by atoms with Gasteiger partial charge in [0.1, 0.15) is 5.82 Å². The lowest BCUT2D eigenvalue weighted by atomic mass is 10.1. The molecule has 32 heavy (non-hydrogen) atoms. The summed E-state index contributed by atoms with van der Waals surface area (Å²) in [4.78, 5) is 17.2. The third-order valence-corrected chi connectivity index (χ3v) is 6.10. The number of nitrogens with one attached hydrogen (secondary N) is 1. The highest BCUT2D eigenvalue weighted by Gasteiger charge is 2.11. The number of benzene rings is 3. The van der Waals surface area contributed by atoms with Gasteiger partial charge in [-0.25, -0.2) is 4.98 Å². The van der Waals surface area contributed by atoms with Gasteiger partial charge in [-0.3, -0.25) is 4.79 Å². The van der Waals surface area contributed by atoms with Crippen LogP contribution in [0.3, 0.4) is 0 Å². The van der Waals surface area contributed by atoms with Crippen LogP contribution in [-0.2, 0) is 13.0 Å². The molecule has 0 saturated heterocycles. The average molecular weight is 490 g/mol. The zero-order valence-corrected chi connectivity index (χ0v) is 19.9. The summed E-state index contributed by atoms with van der Waals surface area (Å²) in [6.07, 6.45) is 3.98. The van der Waals surface area contributed by atoms with Crippen molar-refractivity contribution >= 4 is 32.9 Å². The predicted molar refractivity (Wildman–Crippen MR) is 134 cm³/mol. The minimum Gasteiger partial charge on any atom is -0.352 e. The van der Waals surface area contributed by atoms with Crippen molar-refractivity contribution in [3.05, 3.63) is 99.8 Å². The Labute approximate surface area is 197 Å². The fraction of sp³-hybridized carbons (Fsp3) is 0.259. The number of carbonyl (C=O) groups is 1. The Kier molecular flexibility index (Phi) is 7.38. The van der Waals surface area contributed by atoms with E-state index in [1.54, 1.807) is 0 Å². The van der Waals surface area contributed by atoms with Crippen LogP contribution in [0.15, 0.2) is 77.3 Å². The first-order valence-corrected chi connectivity index (χ1v) is 11.9. The number of hydrogen-bond donors (Lipinski definition) is 1. The van der Waals surface area contributed by atoms with Gasteiger partial charge in [0, 0.05) is 29.5 Å². The summed E-state index contributed by atoms with van der Waals surface area (Å²) in [5.74, 6) is 1.12. The van der Waals surface area contributed by atoms with E-state index in [0.29, 0.717) is 6.54 Å². The number of hydrogen-bond acceptors (Lipinski definition) is 2. The highest BCUT2D eigenvalue weighted by molar-refractivity contribution is 9.10. The fourth-order valence-electron chi connectivity index (χ4n) is 3.99. The zero-order valence-electron chi connectivity index (χ0n) is 18.4. The molecule has 1 aromatic heterocycles. The Morgan fingerprint density at radius 1 is 0.969 bits per heavy atom. The molecular weight excluding hydrogens is 462 g/mol. The molecule has 0 aliphatic rings. The Morgan fingerprint density at radius 2 is 1.81 bits per heavy atom. The molecule has 0 spiro atoms. The van der Waals surface area contributed by atoms with Gasteiger partial charge in [-0.05, 0) is 61.7 Å². The second kappa shape index (κ2) is 10.6. The number of nitrogens with zero attached hydrogens (tertiary/aromatic N) is 2. The van der Waals surface area contributed by atoms with E-state index in [0.717, 1.165) is 59.2 Å². The maximum atomic E-state index is 12.3. The summed E-state index contributed by atoms with van der Waals surface area (Å²) < 4.78 is 3.42. The molecule has 164 valence electrons. The number of aryl methyl sites for hydroxylation is 2. The van der Waals surface area contributed by atoms with E-state index < -0.39 is 0 Å². The van der Waals surface area contributed by atoms with Gasteiger partial charge in [0.15, 0.2) is 0 Å². The van der Waals surface area contributed by atoms with Gasteiger partial charge in [0.2, 0.25) is 0 Å². The van der Waals surface area contributed by atoms with Crippen LogP contribution in [0.5, 0.6) is 0 Å². The minimum atomic E-state index is 0.00418. The van der Waals surface area contributed by atoms with Crippen molar-refractivity contribution in [1.29, 1.82) is 0 Å². The number of para-hydroxylation sites is 2. The number of imidazole rings is 1. The van der Waals surface area contributed by atoms with Gasteiger partial charge in [0.05, 0.1) is 11.0 Å². The van der Waals surface area contributed by atoms with E-state index in [1.807, 2.05) is 43.3 Å². The summed E-state index contributed by atoms with van der Waals surface area (Å²) >= 11 is 3.57. The Hall–Kier alpha value is -2.92. The van der Waals surface area contributed by atoms with Crippen LogP contribution in [0.4, 0.5) is 0 Å². The molecule has 4 rings (SSSR count). The van der Waals surface area contributed by atoms with Gasteiger partial charge < -0.3 is 9.88 Å². The Bertz CT molecular complexity index is 1210. The van der Waals surface area contributed by atoms with Gasteiger partial charge in [0.25, 0.3) is 5.91 Å². The van der Waals surface area contributed by atoms with Crippen molar-refractivity contribution in [3.8, 4) is 0 Å². The second-order valence-corrected chi connectivity index (χ2v) is 9.08. The molecule has 5 heteroatoms. The van der Waals surface area contributed by atoms with Crippen molar-refractivity contribution in [2.24, 2.45) is 0 Å². The van der Waals surface area contributed by atoms with Gasteiger partial charge in [-0.1, -0.05) is 64.3 Å². The number of aromatic nitrogens is 2. The highest BCUT2D eigenvalue weighted by atomic mass is 79.9. The molecule has 0 atom stereocenters. The van der Waals surface area contributed by atoms with Crippen LogP contribution in [0.2, 0.25) is 0 Å². The maximum absolute atomic E-state index is 12.3. The van der Waals surface area contributed by atoms with Gasteiger partial charge >= 0.3 is 0 Å². The van der Waals surface area contributed by atoms with E-state index in [4.69, 9.17) is 4.98 Å². The smallest absolute Gasteiger partial charge is 0.251 e. The molecule has 0 unspecified atom stereocenters.